The highest BCUT2D eigenvalue weighted by molar-refractivity contribution is 6.03. The molecule has 5 N–H and O–H groups in total. The van der Waals surface area contributed by atoms with Gasteiger partial charge >= 0.3 is 12.1 Å². The van der Waals surface area contributed by atoms with E-state index in [4.69, 9.17) is 15.6 Å². The van der Waals surface area contributed by atoms with Crippen molar-refractivity contribution in [2.75, 3.05) is 11.9 Å². The van der Waals surface area contributed by atoms with Crippen LogP contribution in [-0.2, 0) is 20.6 Å². The Hall–Kier alpha value is -4.02. The molecule has 8 nitrogen and oxygen atoms in total. The van der Waals surface area contributed by atoms with Crippen LogP contribution in [0.3, 0.4) is 0 Å². The highest BCUT2D eigenvalue weighted by Gasteiger charge is 2.35. The molecule has 0 radical (unpaired) electrons. The molecule has 11 heteroatoms. The summed E-state index contributed by atoms with van der Waals surface area (Å²) in [4.78, 5) is 34.9. The van der Waals surface area contributed by atoms with Crippen LogP contribution in [0.25, 0.3) is 5.70 Å². The van der Waals surface area contributed by atoms with Gasteiger partial charge in [-0.1, -0.05) is 24.8 Å². The number of carboxylic acids is 1. The summed E-state index contributed by atoms with van der Waals surface area (Å²) in [5.41, 5.74) is 6.17. The third-order valence-corrected chi connectivity index (χ3v) is 4.84. The molecule has 0 aliphatic rings. The van der Waals surface area contributed by atoms with Gasteiger partial charge in [-0.3, -0.25) is 14.4 Å². The Labute approximate surface area is 200 Å². The first-order valence-electron chi connectivity index (χ1n) is 10.6. The lowest BCUT2D eigenvalue weighted by atomic mass is 10.0. The number of carbonyl (C=O) groups excluding carboxylic acids is 2. The molecule has 0 aliphatic carbocycles. The van der Waals surface area contributed by atoms with Crippen molar-refractivity contribution < 1.29 is 37.4 Å². The van der Waals surface area contributed by atoms with Crippen molar-refractivity contribution in [3.8, 4) is 5.75 Å². The average Bonchev–Trinajstić information content (AvgIpc) is 2.76. The fourth-order valence-electron chi connectivity index (χ4n) is 3.06. The van der Waals surface area contributed by atoms with E-state index in [0.29, 0.717) is 16.9 Å². The van der Waals surface area contributed by atoms with Crippen LogP contribution in [0.1, 0.15) is 48.9 Å². The molecule has 0 heterocycles. The van der Waals surface area contributed by atoms with Crippen LogP contribution in [-0.4, -0.2) is 29.5 Å². The van der Waals surface area contributed by atoms with Crippen LogP contribution < -0.4 is 21.1 Å². The third kappa shape index (κ3) is 8.69. The van der Waals surface area contributed by atoms with Crippen molar-refractivity contribution in [3.63, 3.8) is 0 Å². The summed E-state index contributed by atoms with van der Waals surface area (Å²) in [6.07, 6.45) is -5.44. The number of ether oxygens (including phenoxy) is 1. The van der Waals surface area contributed by atoms with Crippen LogP contribution in [0.2, 0.25) is 0 Å². The molecule has 2 amide bonds. The number of hydrogen-bond donors (Lipinski definition) is 4. The van der Waals surface area contributed by atoms with Crippen molar-refractivity contribution in [1.29, 1.82) is 0 Å². The quantitative estimate of drug-likeness (QED) is 0.276. The number of alkyl halides is 3. The standard InChI is InChI=1S/C24H26F3N3O5/c1-14(28)16-5-8-18(9-6-16)30-22(32)13-21(31)29-15(2)17-7-10-20(19(12-17)24(25,26)27)35-11-3-4-23(33)34/h5-10,12,15H,1,3-4,11,13,28H2,2H3,(H,29,31)(H,30,32)(H,33,34). The fourth-order valence-corrected chi connectivity index (χ4v) is 3.06. The number of hydrogen-bond acceptors (Lipinski definition) is 5. The van der Waals surface area contributed by atoms with Crippen molar-refractivity contribution in [3.05, 3.63) is 65.7 Å². The van der Waals surface area contributed by atoms with Gasteiger partial charge in [0.2, 0.25) is 11.8 Å². The lowest BCUT2D eigenvalue weighted by Gasteiger charge is -2.19. The molecule has 1 atom stereocenters. The van der Waals surface area contributed by atoms with E-state index in [-0.39, 0.29) is 25.0 Å². The van der Waals surface area contributed by atoms with E-state index in [1.54, 1.807) is 24.3 Å². The highest BCUT2D eigenvalue weighted by atomic mass is 19.4. The second-order valence-electron chi connectivity index (χ2n) is 7.72. The minimum Gasteiger partial charge on any atom is -0.493 e. The van der Waals surface area contributed by atoms with Crippen LogP contribution in [0.15, 0.2) is 49.0 Å². The van der Waals surface area contributed by atoms with Crippen molar-refractivity contribution in [2.45, 2.75) is 38.4 Å². The molecule has 188 valence electrons. The lowest BCUT2D eigenvalue weighted by molar-refractivity contribution is -0.140. The molecular formula is C24H26F3N3O5. The van der Waals surface area contributed by atoms with Gasteiger partial charge in [0.1, 0.15) is 12.2 Å². The molecule has 0 bridgehead atoms. The van der Waals surface area contributed by atoms with Crippen LogP contribution in [0.5, 0.6) is 5.75 Å². The van der Waals surface area contributed by atoms with Gasteiger partial charge in [-0.05, 0) is 48.7 Å². The maximum Gasteiger partial charge on any atom is 0.419 e. The first-order valence-corrected chi connectivity index (χ1v) is 10.6. The molecule has 0 spiro atoms. The van der Waals surface area contributed by atoms with E-state index in [9.17, 15) is 27.6 Å². The second-order valence-corrected chi connectivity index (χ2v) is 7.72. The molecule has 0 saturated heterocycles. The maximum atomic E-state index is 13.5. The van der Waals surface area contributed by atoms with Gasteiger partial charge in [0, 0.05) is 17.8 Å². The molecule has 2 aromatic rings. The largest absolute Gasteiger partial charge is 0.493 e. The Kier molecular flexibility index (Phi) is 9.26. The number of halogens is 3. The highest BCUT2D eigenvalue weighted by Crippen LogP contribution is 2.38. The van der Waals surface area contributed by atoms with Gasteiger partial charge in [0.15, 0.2) is 0 Å². The number of carbonyl (C=O) groups is 3. The number of rotatable bonds is 11. The molecule has 0 aromatic heterocycles. The number of aliphatic carboxylic acids is 1. The summed E-state index contributed by atoms with van der Waals surface area (Å²) in [6.45, 7) is 4.89. The molecule has 2 aromatic carbocycles. The molecule has 0 fully saturated rings. The Morgan fingerprint density at radius 3 is 2.34 bits per heavy atom. The predicted molar refractivity (Wildman–Crippen MR) is 123 cm³/mol. The molecule has 35 heavy (non-hydrogen) atoms. The molecule has 0 saturated carbocycles. The van der Waals surface area contributed by atoms with E-state index < -0.39 is 47.7 Å². The Morgan fingerprint density at radius 1 is 1.11 bits per heavy atom. The van der Waals surface area contributed by atoms with Crippen molar-refractivity contribution in [2.24, 2.45) is 5.73 Å². The number of nitrogens with one attached hydrogen (secondary N) is 2. The van der Waals surface area contributed by atoms with Crippen LogP contribution in [0, 0.1) is 0 Å². The minimum absolute atomic E-state index is 0.0510. The Morgan fingerprint density at radius 2 is 1.77 bits per heavy atom. The van der Waals surface area contributed by atoms with Gasteiger partial charge in [0.05, 0.1) is 18.2 Å². The zero-order valence-electron chi connectivity index (χ0n) is 18.9. The molecule has 1 unspecified atom stereocenters. The SMILES string of the molecule is C=C(N)c1ccc(NC(=O)CC(=O)NC(C)c2ccc(OCCCC(=O)O)c(C(F)(F)F)c2)cc1. The van der Waals surface area contributed by atoms with Crippen molar-refractivity contribution >= 4 is 29.2 Å². The smallest absolute Gasteiger partial charge is 0.419 e. The summed E-state index contributed by atoms with van der Waals surface area (Å²) in [7, 11) is 0. The van der Waals surface area contributed by atoms with Gasteiger partial charge in [0.25, 0.3) is 0 Å². The monoisotopic (exact) mass is 493 g/mol. The van der Waals surface area contributed by atoms with Gasteiger partial charge in [-0.25, -0.2) is 0 Å². The summed E-state index contributed by atoms with van der Waals surface area (Å²) in [5, 5.41) is 13.7. The lowest BCUT2D eigenvalue weighted by Crippen LogP contribution is -2.30. The minimum atomic E-state index is -4.73. The first-order chi connectivity index (χ1) is 16.4. The summed E-state index contributed by atoms with van der Waals surface area (Å²) < 4.78 is 45.7. The van der Waals surface area contributed by atoms with Crippen LogP contribution in [0.4, 0.5) is 18.9 Å². The molecule has 2 rings (SSSR count). The van der Waals surface area contributed by atoms with Crippen LogP contribution >= 0.6 is 0 Å². The van der Waals surface area contributed by atoms with E-state index in [1.165, 1.54) is 13.0 Å². The van der Waals surface area contributed by atoms with E-state index >= 15 is 0 Å². The fraction of sp³-hybridized carbons (Fsp3) is 0.292. The summed E-state index contributed by atoms with van der Waals surface area (Å²) in [6, 6.07) is 8.99. The number of carboxylic acid groups (broad SMARTS) is 1. The maximum absolute atomic E-state index is 13.5. The second kappa shape index (κ2) is 11.9. The van der Waals surface area contributed by atoms with Gasteiger partial charge in [-0.2, -0.15) is 13.2 Å². The Bertz CT molecular complexity index is 1080. The molecule has 0 aliphatic heterocycles. The van der Waals surface area contributed by atoms with Gasteiger partial charge in [-0.15, -0.1) is 0 Å². The Balaban J connectivity index is 1.99. The van der Waals surface area contributed by atoms with E-state index in [2.05, 4.69) is 17.2 Å². The van der Waals surface area contributed by atoms with E-state index in [0.717, 1.165) is 12.1 Å². The van der Waals surface area contributed by atoms with E-state index in [1.807, 2.05) is 0 Å². The zero-order valence-corrected chi connectivity index (χ0v) is 18.9. The predicted octanol–water partition coefficient (Wildman–Crippen LogP) is 4.08. The zero-order chi connectivity index (χ0) is 26.2. The molecular weight excluding hydrogens is 467 g/mol. The topological polar surface area (TPSA) is 131 Å². The average molecular weight is 493 g/mol. The number of anilines is 1. The summed E-state index contributed by atoms with van der Waals surface area (Å²) >= 11 is 0. The number of benzene rings is 2. The van der Waals surface area contributed by atoms with Crippen molar-refractivity contribution in [1.82, 2.24) is 5.32 Å². The third-order valence-electron chi connectivity index (χ3n) is 4.84. The summed E-state index contributed by atoms with van der Waals surface area (Å²) in [5.74, 6) is -2.79. The number of nitrogens with two attached hydrogens (primary N) is 1. The first kappa shape index (κ1) is 27.2. The van der Waals surface area contributed by atoms with Gasteiger partial charge < -0.3 is 26.2 Å². The number of amides is 2. The normalized spacial score (nSPS) is 11.9.